The van der Waals surface area contributed by atoms with Gasteiger partial charge in [-0.15, -0.1) is 0 Å². The van der Waals surface area contributed by atoms with E-state index in [1.165, 1.54) is 0 Å². The number of carbonyl (C=O) groups excluding carboxylic acids is 1. The minimum absolute atomic E-state index is 0.123. The number of fused-ring (bicyclic) bond motifs is 3. The van der Waals surface area contributed by atoms with Crippen LogP contribution in [0.25, 0.3) is 0 Å². The molecule has 1 atom stereocenters. The Hall–Kier alpha value is -1.23. The highest BCUT2D eigenvalue weighted by Gasteiger charge is 2.60. The number of ketones is 1. The molecule has 3 aliphatic heterocycles. The van der Waals surface area contributed by atoms with E-state index in [-0.39, 0.29) is 19.0 Å². The lowest BCUT2D eigenvalue weighted by Gasteiger charge is -2.57. The predicted octanol–water partition coefficient (Wildman–Crippen LogP) is 0.980. The highest BCUT2D eigenvalue weighted by molar-refractivity contribution is 5.99. The van der Waals surface area contributed by atoms with E-state index in [1.807, 2.05) is 30.3 Å². The van der Waals surface area contributed by atoms with Gasteiger partial charge in [0.05, 0.1) is 18.6 Å². The van der Waals surface area contributed by atoms with Crippen LogP contribution < -0.4 is 0 Å². The molecule has 1 aromatic carbocycles. The minimum atomic E-state index is -0.860. The third-order valence-electron chi connectivity index (χ3n) is 5.05. The zero-order valence-electron chi connectivity index (χ0n) is 11.8. The number of methoxy groups -OCH3 is 1. The fourth-order valence-corrected chi connectivity index (χ4v) is 3.92. The molecule has 0 spiro atoms. The van der Waals surface area contributed by atoms with Crippen LogP contribution >= 0.6 is 0 Å². The fraction of sp³-hybridized carbons (Fsp3) is 0.562. The summed E-state index contributed by atoms with van der Waals surface area (Å²) in [6.45, 7) is 1.76. The van der Waals surface area contributed by atoms with Crippen molar-refractivity contribution in [1.29, 1.82) is 0 Å². The van der Waals surface area contributed by atoms with E-state index >= 15 is 0 Å². The largest absolute Gasteiger partial charge is 0.394 e. The van der Waals surface area contributed by atoms with E-state index < -0.39 is 11.0 Å². The highest BCUT2D eigenvalue weighted by atomic mass is 16.5. The minimum Gasteiger partial charge on any atom is -0.394 e. The van der Waals surface area contributed by atoms with Crippen LogP contribution in [-0.2, 0) is 14.9 Å². The number of hydrogen-bond donors (Lipinski definition) is 1. The molecule has 1 aromatic rings. The Labute approximate surface area is 119 Å². The summed E-state index contributed by atoms with van der Waals surface area (Å²) in [5, 5.41) is 9.88. The van der Waals surface area contributed by atoms with Crippen molar-refractivity contribution in [2.24, 2.45) is 0 Å². The quantitative estimate of drug-likeness (QED) is 0.890. The van der Waals surface area contributed by atoms with Crippen molar-refractivity contribution in [2.45, 2.75) is 23.8 Å². The zero-order valence-corrected chi connectivity index (χ0v) is 11.8. The predicted molar refractivity (Wildman–Crippen MR) is 75.6 cm³/mol. The van der Waals surface area contributed by atoms with Crippen LogP contribution in [0.1, 0.15) is 18.4 Å². The lowest BCUT2D eigenvalue weighted by atomic mass is 9.60. The van der Waals surface area contributed by atoms with Gasteiger partial charge in [-0.25, -0.2) is 0 Å². The van der Waals surface area contributed by atoms with E-state index in [1.54, 1.807) is 7.11 Å². The smallest absolute Gasteiger partial charge is 0.168 e. The van der Waals surface area contributed by atoms with Crippen LogP contribution in [0.2, 0.25) is 0 Å². The molecule has 3 saturated heterocycles. The summed E-state index contributed by atoms with van der Waals surface area (Å²) in [5.41, 5.74) is -0.225. The Morgan fingerprint density at radius 3 is 2.45 bits per heavy atom. The molecule has 1 N–H and O–H groups in total. The molecule has 0 aromatic heterocycles. The van der Waals surface area contributed by atoms with E-state index in [0.29, 0.717) is 0 Å². The maximum Gasteiger partial charge on any atom is 0.168 e. The van der Waals surface area contributed by atoms with Gasteiger partial charge < -0.3 is 9.84 Å². The molecular formula is C16H21NO3. The van der Waals surface area contributed by atoms with Gasteiger partial charge >= 0.3 is 0 Å². The molecule has 4 nitrogen and oxygen atoms in total. The second-order valence-corrected chi connectivity index (χ2v) is 5.89. The van der Waals surface area contributed by atoms with Crippen LogP contribution in [0.5, 0.6) is 0 Å². The van der Waals surface area contributed by atoms with Gasteiger partial charge in [-0.3, -0.25) is 9.69 Å². The number of carbonyl (C=O) groups is 1. The Bertz CT molecular complexity index is 494. The van der Waals surface area contributed by atoms with Crippen LogP contribution in [0.3, 0.4) is 0 Å². The Balaban J connectivity index is 2.07. The van der Waals surface area contributed by atoms with Gasteiger partial charge in [0.1, 0.15) is 5.54 Å². The highest BCUT2D eigenvalue weighted by Crippen LogP contribution is 2.47. The summed E-state index contributed by atoms with van der Waals surface area (Å²) in [6, 6.07) is 10.0. The molecular weight excluding hydrogens is 254 g/mol. The third kappa shape index (κ3) is 1.68. The van der Waals surface area contributed by atoms with Gasteiger partial charge in [0, 0.05) is 20.2 Å². The number of hydrogen-bond acceptors (Lipinski definition) is 4. The number of aliphatic hydroxyl groups is 1. The van der Waals surface area contributed by atoms with Gasteiger partial charge in [0.2, 0.25) is 0 Å². The summed E-state index contributed by atoms with van der Waals surface area (Å²) < 4.78 is 5.26. The Kier molecular flexibility index (Phi) is 3.40. The second kappa shape index (κ2) is 4.95. The molecule has 0 amide bonds. The Morgan fingerprint density at radius 1 is 1.25 bits per heavy atom. The lowest BCUT2D eigenvalue weighted by molar-refractivity contribution is -0.162. The van der Waals surface area contributed by atoms with Gasteiger partial charge in [0.15, 0.2) is 5.78 Å². The van der Waals surface area contributed by atoms with Crippen LogP contribution in [-0.4, -0.2) is 54.7 Å². The fourth-order valence-electron chi connectivity index (χ4n) is 3.92. The van der Waals surface area contributed by atoms with E-state index in [9.17, 15) is 9.90 Å². The number of Topliss-reactive ketones (excluding diaryl/α,β-unsaturated/α-hetero) is 1. The number of benzene rings is 1. The van der Waals surface area contributed by atoms with E-state index in [2.05, 4.69) is 4.90 Å². The zero-order chi connectivity index (χ0) is 14.2. The topological polar surface area (TPSA) is 49.8 Å². The average molecular weight is 275 g/mol. The molecule has 0 radical (unpaired) electrons. The molecule has 20 heavy (non-hydrogen) atoms. The summed E-state index contributed by atoms with van der Waals surface area (Å²) in [4.78, 5) is 15.3. The summed E-state index contributed by atoms with van der Waals surface area (Å²) in [6.07, 6.45) is 1.67. The van der Waals surface area contributed by atoms with Crippen molar-refractivity contribution in [3.63, 3.8) is 0 Å². The average Bonchev–Trinajstić information content (AvgIpc) is 2.52. The number of aliphatic hydroxyl groups excluding tert-OH is 1. The molecule has 0 saturated carbocycles. The molecule has 4 rings (SSSR count). The van der Waals surface area contributed by atoms with Crippen molar-refractivity contribution in [3.05, 3.63) is 35.9 Å². The number of nitrogens with zero attached hydrogens (tertiary/aromatic N) is 1. The van der Waals surface area contributed by atoms with Crippen LogP contribution in [0, 0.1) is 0 Å². The summed E-state index contributed by atoms with van der Waals surface area (Å²) >= 11 is 0. The van der Waals surface area contributed by atoms with E-state index in [0.717, 1.165) is 31.5 Å². The van der Waals surface area contributed by atoms with Gasteiger partial charge in [-0.1, -0.05) is 30.3 Å². The molecule has 3 fully saturated rings. The molecule has 0 aliphatic carbocycles. The molecule has 108 valence electrons. The first kappa shape index (κ1) is 13.7. The van der Waals surface area contributed by atoms with Crippen molar-refractivity contribution in [3.8, 4) is 0 Å². The first-order valence-corrected chi connectivity index (χ1v) is 7.15. The number of piperidine rings is 3. The van der Waals surface area contributed by atoms with Crippen molar-refractivity contribution < 1.29 is 14.6 Å². The first-order valence-electron chi connectivity index (χ1n) is 7.15. The maximum atomic E-state index is 13.2. The lowest BCUT2D eigenvalue weighted by Crippen LogP contribution is -2.73. The number of ether oxygens (including phenoxy) is 1. The SMILES string of the molecule is COC[C@]1(CO)C(=O)C2(c3ccccc3)CCN1CC2. The normalized spacial score (nSPS) is 36.3. The molecule has 2 bridgehead atoms. The van der Waals surface area contributed by atoms with Gasteiger partial charge in [0.25, 0.3) is 0 Å². The first-order chi connectivity index (χ1) is 9.69. The number of rotatable bonds is 4. The molecule has 0 unspecified atom stereocenters. The van der Waals surface area contributed by atoms with Crippen molar-refractivity contribution in [2.75, 3.05) is 33.4 Å². The van der Waals surface area contributed by atoms with Crippen molar-refractivity contribution >= 4 is 5.78 Å². The maximum absolute atomic E-state index is 13.2. The molecule has 3 aliphatic rings. The van der Waals surface area contributed by atoms with Crippen molar-refractivity contribution in [1.82, 2.24) is 4.90 Å². The second-order valence-electron chi connectivity index (χ2n) is 5.89. The monoisotopic (exact) mass is 275 g/mol. The van der Waals surface area contributed by atoms with E-state index in [4.69, 9.17) is 4.74 Å². The summed E-state index contributed by atoms with van der Waals surface area (Å²) in [7, 11) is 1.59. The third-order valence-corrected chi connectivity index (χ3v) is 5.05. The van der Waals surface area contributed by atoms with Gasteiger partial charge in [-0.2, -0.15) is 0 Å². The van der Waals surface area contributed by atoms with Crippen LogP contribution in [0.4, 0.5) is 0 Å². The molecule has 4 heteroatoms. The van der Waals surface area contributed by atoms with Gasteiger partial charge in [-0.05, 0) is 18.4 Å². The Morgan fingerprint density at radius 2 is 1.90 bits per heavy atom. The summed E-state index contributed by atoms with van der Waals surface area (Å²) in [5.74, 6) is 0.123. The van der Waals surface area contributed by atoms with Crippen LogP contribution in [0.15, 0.2) is 30.3 Å². The molecule has 3 heterocycles. The standard InChI is InChI=1S/C16H21NO3/c1-20-12-16(11-18)14(19)15(7-9-17(16)10-8-15)13-5-3-2-4-6-13/h2-6,18H,7-12H2,1H3/t16-/m1/s1.